The number of hydrogen-bond acceptors (Lipinski definition) is 7. The summed E-state index contributed by atoms with van der Waals surface area (Å²) in [4.78, 5) is 37.2. The van der Waals surface area contributed by atoms with Gasteiger partial charge in [-0.15, -0.1) is 0 Å². The van der Waals surface area contributed by atoms with Crippen molar-refractivity contribution in [2.24, 2.45) is 0 Å². The molecule has 0 spiro atoms. The number of likely N-dealkylation sites (N-methyl/N-ethyl adjacent to an activating group) is 1. The second-order valence-corrected chi connectivity index (χ2v) is 20.9. The van der Waals surface area contributed by atoms with Crippen molar-refractivity contribution in [2.45, 2.75) is 296 Å². The third kappa shape index (κ3) is 48.6. The first-order chi connectivity index (χ1) is 32.6. The number of unbranched alkanes of at least 4 members (excludes halogenated alkanes) is 35. The van der Waals surface area contributed by atoms with E-state index in [9.17, 15) is 19.5 Å². The van der Waals surface area contributed by atoms with E-state index in [1.807, 2.05) is 21.1 Å². The molecule has 0 aliphatic carbocycles. The first kappa shape index (κ1) is 64.8. The van der Waals surface area contributed by atoms with Gasteiger partial charge in [-0.25, -0.2) is 0 Å². The van der Waals surface area contributed by atoms with Crippen LogP contribution >= 0.6 is 0 Å². The predicted molar refractivity (Wildman–Crippen MR) is 282 cm³/mol. The van der Waals surface area contributed by atoms with Gasteiger partial charge in [0.1, 0.15) is 12.6 Å². The monoisotopic (exact) mass is 946 g/mol. The second-order valence-electron chi connectivity index (χ2n) is 20.9. The molecule has 0 amide bonds. The molecule has 0 saturated carbocycles. The van der Waals surface area contributed by atoms with E-state index in [1.54, 1.807) is 0 Å². The Kier molecular flexibility index (Phi) is 48.6. The van der Waals surface area contributed by atoms with E-state index >= 15 is 0 Å². The number of hydrogen-bond donors (Lipinski definition) is 0. The van der Waals surface area contributed by atoms with Gasteiger partial charge in [0.2, 0.25) is 0 Å². The van der Waals surface area contributed by atoms with Crippen LogP contribution in [0.25, 0.3) is 0 Å². The summed E-state index contributed by atoms with van der Waals surface area (Å²) in [5.41, 5.74) is 0. The Labute approximate surface area is 415 Å². The lowest BCUT2D eigenvalue weighted by atomic mass is 10.0. The normalized spacial score (nSPS) is 12.9. The molecule has 394 valence electrons. The fourth-order valence-electron chi connectivity index (χ4n) is 8.94. The van der Waals surface area contributed by atoms with E-state index in [-0.39, 0.29) is 42.7 Å². The van der Waals surface area contributed by atoms with Crippen LogP contribution in [0.4, 0.5) is 0 Å². The van der Waals surface area contributed by atoms with Crippen molar-refractivity contribution in [3.05, 3.63) is 24.3 Å². The van der Waals surface area contributed by atoms with Crippen LogP contribution in [-0.4, -0.2) is 75.5 Å². The number of carbonyl (C=O) groups excluding carboxylic acids is 3. The Morgan fingerprint density at radius 2 is 0.836 bits per heavy atom. The average molecular weight is 947 g/mol. The molecule has 8 heteroatoms. The van der Waals surface area contributed by atoms with Gasteiger partial charge in [-0.05, 0) is 38.5 Å². The van der Waals surface area contributed by atoms with E-state index in [1.165, 1.54) is 199 Å². The van der Waals surface area contributed by atoms with Crippen molar-refractivity contribution in [3.8, 4) is 0 Å². The maximum Gasteiger partial charge on any atom is 0.306 e. The standard InChI is InChI=1S/C59H111NO7/c1-6-8-10-12-14-16-18-20-22-24-26-28-30-31-33-35-37-39-41-43-45-47-49-57(61)66-54-55(53-65-52-51-56(59(63)64)60(3,4)5)67-58(62)50-48-46-44-42-40-38-36-34-32-29-27-25-23-21-19-17-15-13-11-9-7-2/h9,11,15,17,55-56H,6-8,10,12-14,16,18-54H2,1-5H3/b11-9+,17-15+. The van der Waals surface area contributed by atoms with Crippen LogP contribution in [0.15, 0.2) is 24.3 Å². The lowest BCUT2D eigenvalue weighted by Crippen LogP contribution is -2.55. The van der Waals surface area contributed by atoms with Crippen LogP contribution in [0.5, 0.6) is 0 Å². The van der Waals surface area contributed by atoms with Crippen LogP contribution in [0.2, 0.25) is 0 Å². The Morgan fingerprint density at radius 3 is 1.22 bits per heavy atom. The fourth-order valence-corrected chi connectivity index (χ4v) is 8.94. The van der Waals surface area contributed by atoms with Gasteiger partial charge in [-0.1, -0.05) is 250 Å². The van der Waals surface area contributed by atoms with Gasteiger partial charge in [-0.3, -0.25) is 9.59 Å². The third-order valence-corrected chi connectivity index (χ3v) is 13.4. The van der Waals surface area contributed by atoms with Crippen LogP contribution in [0.3, 0.4) is 0 Å². The zero-order valence-electron chi connectivity index (χ0n) is 45.1. The van der Waals surface area contributed by atoms with E-state index in [4.69, 9.17) is 14.2 Å². The minimum Gasteiger partial charge on any atom is -0.544 e. The number of rotatable bonds is 53. The first-order valence-electron chi connectivity index (χ1n) is 28.9. The van der Waals surface area contributed by atoms with Gasteiger partial charge in [0.25, 0.3) is 0 Å². The van der Waals surface area contributed by atoms with E-state index in [2.05, 4.69) is 38.2 Å². The molecule has 0 aromatic heterocycles. The summed E-state index contributed by atoms with van der Waals surface area (Å²) in [5, 5.41) is 11.7. The van der Waals surface area contributed by atoms with Crippen molar-refractivity contribution in [2.75, 3.05) is 41.0 Å². The number of carbonyl (C=O) groups is 3. The van der Waals surface area contributed by atoms with Crippen molar-refractivity contribution in [1.82, 2.24) is 0 Å². The summed E-state index contributed by atoms with van der Waals surface area (Å²) < 4.78 is 17.3. The molecule has 0 radical (unpaired) electrons. The van der Waals surface area contributed by atoms with Crippen molar-refractivity contribution >= 4 is 17.9 Å². The van der Waals surface area contributed by atoms with Crippen LogP contribution in [0, 0.1) is 0 Å². The lowest BCUT2D eigenvalue weighted by Gasteiger charge is -2.34. The number of allylic oxidation sites excluding steroid dienone is 4. The maximum atomic E-state index is 12.8. The number of ether oxygens (including phenoxy) is 3. The van der Waals surface area contributed by atoms with Gasteiger partial charge >= 0.3 is 11.9 Å². The number of aliphatic carboxylic acids is 1. The summed E-state index contributed by atoms with van der Waals surface area (Å²) in [5.74, 6) is -1.71. The Hall–Kier alpha value is -2.19. The SMILES string of the molecule is CC/C=C/C/C=C/CCCCCCCCCCCCCCCCC(=O)OC(COCCC(C(=O)[O-])[N+](C)(C)C)COC(=O)CCCCCCCCCCCCCCCCCCCCCCCC. The lowest BCUT2D eigenvalue weighted by molar-refractivity contribution is -0.889. The molecular weight excluding hydrogens is 835 g/mol. The molecule has 0 N–H and O–H groups in total. The summed E-state index contributed by atoms with van der Waals surface area (Å²) in [6.07, 6.45) is 59.4. The summed E-state index contributed by atoms with van der Waals surface area (Å²) in [6, 6.07) is -0.723. The number of carboxylic acid groups (broad SMARTS) is 1. The van der Waals surface area contributed by atoms with Crippen LogP contribution in [-0.2, 0) is 28.6 Å². The number of esters is 2. The highest BCUT2D eigenvalue weighted by Gasteiger charge is 2.25. The van der Waals surface area contributed by atoms with Gasteiger partial charge in [0.15, 0.2) is 6.10 Å². The van der Waals surface area contributed by atoms with Crippen LogP contribution in [0.1, 0.15) is 284 Å². The smallest absolute Gasteiger partial charge is 0.306 e. The first-order valence-corrected chi connectivity index (χ1v) is 28.9. The largest absolute Gasteiger partial charge is 0.544 e. The highest BCUT2D eigenvalue weighted by Crippen LogP contribution is 2.18. The van der Waals surface area contributed by atoms with Crippen molar-refractivity contribution < 1.29 is 38.2 Å². The molecule has 0 aromatic rings. The molecule has 0 bridgehead atoms. The summed E-state index contributed by atoms with van der Waals surface area (Å²) in [6.45, 7) is 4.62. The fraction of sp³-hybridized carbons (Fsp3) is 0.881. The minimum absolute atomic E-state index is 0.0464. The molecular formula is C59H111NO7. The molecule has 8 nitrogen and oxygen atoms in total. The third-order valence-electron chi connectivity index (χ3n) is 13.4. The predicted octanol–water partition coefficient (Wildman–Crippen LogP) is 15.8. The number of nitrogens with zero attached hydrogens (tertiary/aromatic N) is 1. The van der Waals surface area contributed by atoms with Gasteiger partial charge in [0.05, 0.1) is 40.3 Å². The molecule has 0 aliphatic heterocycles. The minimum atomic E-state index is -1.12. The van der Waals surface area contributed by atoms with Gasteiger partial charge in [-0.2, -0.15) is 0 Å². The zero-order chi connectivity index (χ0) is 49.2. The Morgan fingerprint density at radius 1 is 0.463 bits per heavy atom. The van der Waals surface area contributed by atoms with Gasteiger partial charge in [0, 0.05) is 19.3 Å². The quantitative estimate of drug-likeness (QED) is 0.0259. The molecule has 2 unspecified atom stereocenters. The average Bonchev–Trinajstić information content (AvgIpc) is 3.29. The van der Waals surface area contributed by atoms with Gasteiger partial charge < -0.3 is 28.6 Å². The second kappa shape index (κ2) is 50.2. The highest BCUT2D eigenvalue weighted by atomic mass is 16.6. The van der Waals surface area contributed by atoms with Crippen LogP contribution < -0.4 is 5.11 Å². The van der Waals surface area contributed by atoms with Crippen molar-refractivity contribution in [3.63, 3.8) is 0 Å². The number of carboxylic acids is 1. The van der Waals surface area contributed by atoms with Crippen molar-refractivity contribution in [1.29, 1.82) is 0 Å². The highest BCUT2D eigenvalue weighted by molar-refractivity contribution is 5.70. The Balaban J connectivity index is 4.11. The molecule has 0 saturated heterocycles. The molecule has 0 aromatic carbocycles. The molecule has 0 rings (SSSR count). The Bertz CT molecular complexity index is 1150. The van der Waals surface area contributed by atoms with E-state index in [0.29, 0.717) is 12.8 Å². The number of quaternary nitrogens is 1. The molecule has 67 heavy (non-hydrogen) atoms. The summed E-state index contributed by atoms with van der Waals surface area (Å²) in [7, 11) is 5.43. The zero-order valence-corrected chi connectivity index (χ0v) is 45.1. The summed E-state index contributed by atoms with van der Waals surface area (Å²) >= 11 is 0. The molecule has 0 aliphatic rings. The molecule has 0 fully saturated rings. The van der Waals surface area contributed by atoms with E-state index < -0.39 is 18.1 Å². The van der Waals surface area contributed by atoms with E-state index in [0.717, 1.165) is 51.4 Å². The molecule has 2 atom stereocenters. The topological polar surface area (TPSA) is 102 Å². The maximum absolute atomic E-state index is 12.8. The molecule has 0 heterocycles.